The molecular weight excluding hydrogens is 490 g/mol. The topological polar surface area (TPSA) is 134 Å². The summed E-state index contributed by atoms with van der Waals surface area (Å²) in [5.41, 5.74) is 0. The number of likely N-dealkylation sites (tertiary alicyclic amines) is 1. The van der Waals surface area contributed by atoms with E-state index in [0.29, 0.717) is 38.5 Å². The maximum Gasteiger partial charge on any atom is 0.329 e. The largest absolute Gasteiger partial charge is 0.460 e. The maximum atomic E-state index is 13.4. The first-order chi connectivity index (χ1) is 17.8. The molecule has 3 N–H and O–H groups in total. The number of hydrogen-bond acceptors (Lipinski definition) is 8. The summed E-state index contributed by atoms with van der Waals surface area (Å²) in [5, 5.41) is 31.1. The number of aliphatic hydroxyl groups is 3. The molecule has 0 aromatic heterocycles. The van der Waals surface area contributed by atoms with Crippen LogP contribution in [0.5, 0.6) is 0 Å². The van der Waals surface area contributed by atoms with Gasteiger partial charge in [-0.3, -0.25) is 9.59 Å². The Hall–Kier alpha value is -1.55. The van der Waals surface area contributed by atoms with Crippen molar-refractivity contribution in [1.29, 1.82) is 0 Å². The van der Waals surface area contributed by atoms with Crippen molar-refractivity contribution in [3.05, 3.63) is 0 Å². The summed E-state index contributed by atoms with van der Waals surface area (Å²) in [7, 11) is 0. The van der Waals surface area contributed by atoms with Gasteiger partial charge in [0, 0.05) is 12.5 Å². The number of ketones is 1. The minimum atomic E-state index is -2.20. The van der Waals surface area contributed by atoms with Crippen LogP contribution in [-0.2, 0) is 23.9 Å². The van der Waals surface area contributed by atoms with Crippen molar-refractivity contribution in [2.45, 2.75) is 129 Å². The van der Waals surface area contributed by atoms with Gasteiger partial charge in [0.05, 0.1) is 18.3 Å². The number of amides is 1. The molecule has 3 aliphatic rings. The molecule has 2 aliphatic heterocycles. The van der Waals surface area contributed by atoms with E-state index in [2.05, 4.69) is 0 Å². The van der Waals surface area contributed by atoms with E-state index in [1.54, 1.807) is 6.92 Å². The Morgan fingerprint density at radius 3 is 2.29 bits per heavy atom. The van der Waals surface area contributed by atoms with Gasteiger partial charge in [-0.05, 0) is 75.0 Å². The fraction of sp³-hybridized carbons (Fsp3) is 0.897. The third kappa shape index (κ3) is 6.77. The summed E-state index contributed by atoms with van der Waals surface area (Å²) in [4.78, 5) is 41.3. The molecule has 1 amide bonds. The van der Waals surface area contributed by atoms with Gasteiger partial charge in [-0.2, -0.15) is 0 Å². The number of hydrogen-bond donors (Lipinski definition) is 3. The predicted octanol–water partition coefficient (Wildman–Crippen LogP) is 2.82. The minimum Gasteiger partial charge on any atom is -0.460 e. The van der Waals surface area contributed by atoms with E-state index >= 15 is 0 Å². The summed E-state index contributed by atoms with van der Waals surface area (Å²) in [6, 6.07) is -0.880. The van der Waals surface area contributed by atoms with Crippen LogP contribution in [0, 0.1) is 29.6 Å². The third-order valence-corrected chi connectivity index (χ3v) is 9.00. The molecule has 0 bridgehead atoms. The van der Waals surface area contributed by atoms with E-state index in [0.717, 1.165) is 12.8 Å². The second-order valence-electron chi connectivity index (χ2n) is 12.7. The standard InChI is InChI=1S/C29H49NO8/c1-16(2)24-12-9-19(6)29(36,38-24)26(33)27(34)30-13-7-8-21(30)28(35)37-25(17(3)4)18(5)14-20-10-11-22(31)23(32)15-20/h16-25,31-32,36H,7-15H2,1-6H3. The second-order valence-corrected chi connectivity index (χ2v) is 12.7. The van der Waals surface area contributed by atoms with Gasteiger partial charge >= 0.3 is 5.97 Å². The molecule has 2 saturated heterocycles. The smallest absolute Gasteiger partial charge is 0.329 e. The monoisotopic (exact) mass is 539 g/mol. The first-order valence-electron chi connectivity index (χ1n) is 14.6. The summed E-state index contributed by atoms with van der Waals surface area (Å²) < 4.78 is 11.8. The molecule has 0 aromatic carbocycles. The fourth-order valence-corrected chi connectivity index (χ4v) is 6.51. The van der Waals surface area contributed by atoms with Crippen LogP contribution in [0.15, 0.2) is 0 Å². The molecular formula is C29H49NO8. The molecule has 3 rings (SSSR count). The average molecular weight is 540 g/mol. The molecule has 2 heterocycles. The van der Waals surface area contributed by atoms with Crippen LogP contribution in [0.2, 0.25) is 0 Å². The van der Waals surface area contributed by atoms with E-state index in [-0.39, 0.29) is 36.3 Å². The van der Waals surface area contributed by atoms with Crippen LogP contribution >= 0.6 is 0 Å². The number of carbonyl (C=O) groups excluding carboxylic acids is 3. The average Bonchev–Trinajstić information content (AvgIpc) is 3.35. The van der Waals surface area contributed by atoms with Crippen LogP contribution in [-0.4, -0.2) is 80.7 Å². The van der Waals surface area contributed by atoms with Crippen molar-refractivity contribution in [1.82, 2.24) is 4.90 Å². The highest BCUT2D eigenvalue weighted by Crippen LogP contribution is 2.37. The van der Waals surface area contributed by atoms with E-state index in [4.69, 9.17) is 9.47 Å². The van der Waals surface area contributed by atoms with Crippen LogP contribution in [0.3, 0.4) is 0 Å². The molecule has 9 nitrogen and oxygen atoms in total. The van der Waals surface area contributed by atoms with Crippen molar-refractivity contribution >= 4 is 17.7 Å². The molecule has 9 heteroatoms. The van der Waals surface area contributed by atoms with E-state index < -0.39 is 53.7 Å². The number of Topliss-reactive ketones (excluding diaryl/α,β-unsaturated/α-hetero) is 1. The van der Waals surface area contributed by atoms with Crippen LogP contribution in [0.25, 0.3) is 0 Å². The summed E-state index contributed by atoms with van der Waals surface area (Å²) in [6.45, 7) is 11.8. The Bertz CT molecular complexity index is 846. The zero-order valence-corrected chi connectivity index (χ0v) is 24.0. The van der Waals surface area contributed by atoms with Crippen LogP contribution < -0.4 is 0 Å². The molecule has 3 fully saturated rings. The molecule has 1 saturated carbocycles. The Morgan fingerprint density at radius 2 is 1.68 bits per heavy atom. The number of rotatable bonds is 9. The highest BCUT2D eigenvalue weighted by molar-refractivity contribution is 6.39. The second kappa shape index (κ2) is 12.7. The van der Waals surface area contributed by atoms with Gasteiger partial charge in [-0.25, -0.2) is 4.79 Å². The Kier molecular flexibility index (Phi) is 10.4. The van der Waals surface area contributed by atoms with Crippen molar-refractivity contribution in [2.24, 2.45) is 29.6 Å². The van der Waals surface area contributed by atoms with E-state index in [1.807, 2.05) is 34.6 Å². The number of ether oxygens (including phenoxy) is 2. The van der Waals surface area contributed by atoms with Gasteiger partial charge in [0.2, 0.25) is 5.79 Å². The van der Waals surface area contributed by atoms with Gasteiger partial charge in [0.1, 0.15) is 12.1 Å². The number of aliphatic hydroxyl groups excluding tert-OH is 2. The normalized spacial score (nSPS) is 35.8. The van der Waals surface area contributed by atoms with Crippen LogP contribution in [0.4, 0.5) is 0 Å². The molecule has 38 heavy (non-hydrogen) atoms. The van der Waals surface area contributed by atoms with Gasteiger partial charge in [0.25, 0.3) is 11.7 Å². The van der Waals surface area contributed by atoms with E-state index in [1.165, 1.54) is 4.90 Å². The SMILES string of the molecule is CC(C)C1CCC(C)C(O)(C(=O)C(=O)N2CCCC2C(=O)OC(C(C)C)C(C)CC2CCC(O)C(O)C2)O1. The minimum absolute atomic E-state index is 0.0174. The van der Waals surface area contributed by atoms with E-state index in [9.17, 15) is 29.7 Å². The van der Waals surface area contributed by atoms with Crippen LogP contribution in [0.1, 0.15) is 92.9 Å². The first kappa shape index (κ1) is 31.0. The molecule has 9 atom stereocenters. The Balaban J connectivity index is 1.66. The Labute approximate surface area is 227 Å². The zero-order valence-electron chi connectivity index (χ0n) is 24.0. The highest BCUT2D eigenvalue weighted by atomic mass is 16.6. The summed E-state index contributed by atoms with van der Waals surface area (Å²) in [5.74, 6) is -4.80. The van der Waals surface area contributed by atoms with Crippen molar-refractivity contribution in [3.8, 4) is 0 Å². The predicted molar refractivity (Wildman–Crippen MR) is 141 cm³/mol. The quantitative estimate of drug-likeness (QED) is 0.301. The van der Waals surface area contributed by atoms with Gasteiger partial charge in [0.15, 0.2) is 0 Å². The summed E-state index contributed by atoms with van der Waals surface area (Å²) >= 11 is 0. The van der Waals surface area contributed by atoms with Gasteiger partial charge < -0.3 is 29.7 Å². The van der Waals surface area contributed by atoms with Crippen molar-refractivity contribution in [2.75, 3.05) is 6.54 Å². The highest BCUT2D eigenvalue weighted by Gasteiger charge is 2.53. The lowest BCUT2D eigenvalue weighted by Gasteiger charge is -2.42. The number of carbonyl (C=O) groups is 3. The van der Waals surface area contributed by atoms with Gasteiger partial charge in [-0.15, -0.1) is 0 Å². The molecule has 9 unspecified atom stereocenters. The lowest BCUT2D eigenvalue weighted by molar-refractivity contribution is -0.269. The lowest BCUT2D eigenvalue weighted by Crippen LogP contribution is -2.59. The molecule has 0 radical (unpaired) electrons. The molecule has 0 spiro atoms. The number of esters is 1. The lowest BCUT2D eigenvalue weighted by atomic mass is 9.78. The first-order valence-corrected chi connectivity index (χ1v) is 14.6. The molecule has 218 valence electrons. The fourth-order valence-electron chi connectivity index (χ4n) is 6.51. The maximum absolute atomic E-state index is 13.4. The zero-order chi connectivity index (χ0) is 28.4. The van der Waals surface area contributed by atoms with Crippen molar-refractivity contribution in [3.63, 3.8) is 0 Å². The van der Waals surface area contributed by atoms with Crippen molar-refractivity contribution < 1.29 is 39.2 Å². The summed E-state index contributed by atoms with van der Waals surface area (Å²) in [6.07, 6.45) is 2.77. The Morgan fingerprint density at radius 1 is 1.00 bits per heavy atom. The molecule has 0 aromatic rings. The number of nitrogens with zero attached hydrogens (tertiary/aromatic N) is 1. The van der Waals surface area contributed by atoms with Gasteiger partial charge in [-0.1, -0.05) is 41.5 Å². The third-order valence-electron chi connectivity index (χ3n) is 9.00. The molecule has 1 aliphatic carbocycles.